The van der Waals surface area contributed by atoms with Gasteiger partial charge in [0.25, 0.3) is 0 Å². The molecule has 0 saturated heterocycles. The van der Waals surface area contributed by atoms with Gasteiger partial charge in [-0.25, -0.2) is 4.68 Å². The molecule has 1 saturated carbocycles. The fraction of sp³-hybridized carbons (Fsp3) is 0.786. The zero-order valence-electron chi connectivity index (χ0n) is 12.4. The molecule has 1 fully saturated rings. The number of amides is 1. The first-order valence-electron chi connectivity index (χ1n) is 7.56. The van der Waals surface area contributed by atoms with Crippen molar-refractivity contribution in [1.29, 1.82) is 0 Å². The minimum absolute atomic E-state index is 0.0319. The van der Waals surface area contributed by atoms with Gasteiger partial charge in [-0.2, -0.15) is 0 Å². The maximum absolute atomic E-state index is 12.0. The van der Waals surface area contributed by atoms with Crippen molar-refractivity contribution in [2.75, 3.05) is 6.54 Å². The number of carbonyl (C=O) groups excluding carboxylic acids is 1. The molecule has 20 heavy (non-hydrogen) atoms. The summed E-state index contributed by atoms with van der Waals surface area (Å²) in [5.74, 6) is 0.830. The van der Waals surface area contributed by atoms with E-state index in [4.69, 9.17) is 0 Å². The number of rotatable bonds is 6. The Hall–Kier alpha value is -1.43. The average molecular weight is 279 g/mol. The summed E-state index contributed by atoms with van der Waals surface area (Å²) in [6, 6.07) is 0.337. The third-order valence-electron chi connectivity index (χ3n) is 3.83. The van der Waals surface area contributed by atoms with Gasteiger partial charge in [0.2, 0.25) is 5.91 Å². The molecule has 0 aliphatic heterocycles. The van der Waals surface area contributed by atoms with Crippen LogP contribution in [0, 0.1) is 5.92 Å². The monoisotopic (exact) mass is 279 g/mol. The minimum Gasteiger partial charge on any atom is -0.352 e. The van der Waals surface area contributed by atoms with Crippen molar-refractivity contribution < 1.29 is 4.79 Å². The number of hydrogen-bond acceptors (Lipinski definition) is 4. The molecular weight excluding hydrogens is 254 g/mol. The Morgan fingerprint density at radius 3 is 2.85 bits per heavy atom. The summed E-state index contributed by atoms with van der Waals surface area (Å²) in [6.45, 7) is 6.17. The van der Waals surface area contributed by atoms with Crippen LogP contribution >= 0.6 is 0 Å². The topological polar surface area (TPSA) is 71.8 Å². The summed E-state index contributed by atoms with van der Waals surface area (Å²) in [6.07, 6.45) is 6.43. The molecule has 0 unspecified atom stereocenters. The summed E-state index contributed by atoms with van der Waals surface area (Å²) in [7, 11) is 0. The Labute approximate surface area is 120 Å². The van der Waals surface area contributed by atoms with Crippen LogP contribution in [0.4, 0.5) is 0 Å². The second-order valence-electron chi connectivity index (χ2n) is 5.71. The molecule has 0 atom stereocenters. The van der Waals surface area contributed by atoms with Crippen molar-refractivity contribution in [2.24, 2.45) is 5.92 Å². The van der Waals surface area contributed by atoms with Crippen LogP contribution in [-0.4, -0.2) is 33.5 Å². The highest BCUT2D eigenvalue weighted by Gasteiger charge is 2.19. The number of nitrogens with one attached hydrogen (secondary N) is 2. The van der Waals surface area contributed by atoms with Crippen molar-refractivity contribution in [1.82, 2.24) is 25.6 Å². The summed E-state index contributed by atoms with van der Waals surface area (Å²) in [4.78, 5) is 12.0. The van der Waals surface area contributed by atoms with Crippen LogP contribution in [0.5, 0.6) is 0 Å². The van der Waals surface area contributed by atoms with Crippen LogP contribution in [0.2, 0.25) is 0 Å². The number of hydrogen-bond donors (Lipinski definition) is 2. The van der Waals surface area contributed by atoms with E-state index in [9.17, 15) is 4.79 Å². The van der Waals surface area contributed by atoms with Crippen molar-refractivity contribution >= 4 is 5.91 Å². The van der Waals surface area contributed by atoms with Crippen LogP contribution in [0.1, 0.15) is 45.2 Å². The van der Waals surface area contributed by atoms with Crippen LogP contribution in [-0.2, 0) is 17.9 Å². The lowest BCUT2D eigenvalue weighted by Crippen LogP contribution is -2.39. The van der Waals surface area contributed by atoms with Gasteiger partial charge in [-0.05, 0) is 38.1 Å². The van der Waals surface area contributed by atoms with Gasteiger partial charge in [0.1, 0.15) is 6.54 Å². The van der Waals surface area contributed by atoms with Gasteiger partial charge in [0.15, 0.2) is 0 Å². The first kappa shape index (κ1) is 15.0. The maximum Gasteiger partial charge on any atom is 0.242 e. The third kappa shape index (κ3) is 4.59. The lowest BCUT2D eigenvalue weighted by atomic mass is 9.87. The lowest BCUT2D eigenvalue weighted by molar-refractivity contribution is -0.122. The molecule has 1 aliphatic rings. The van der Waals surface area contributed by atoms with E-state index in [0.29, 0.717) is 12.6 Å². The van der Waals surface area contributed by atoms with Gasteiger partial charge >= 0.3 is 0 Å². The minimum atomic E-state index is 0.0319. The van der Waals surface area contributed by atoms with Crippen molar-refractivity contribution in [2.45, 2.75) is 58.7 Å². The molecule has 1 amide bonds. The Morgan fingerprint density at radius 1 is 1.40 bits per heavy atom. The smallest absolute Gasteiger partial charge is 0.242 e. The van der Waals surface area contributed by atoms with Gasteiger partial charge < -0.3 is 10.6 Å². The lowest BCUT2D eigenvalue weighted by Gasteiger charge is -2.26. The largest absolute Gasteiger partial charge is 0.352 e. The average Bonchev–Trinajstić information content (AvgIpc) is 2.86. The summed E-state index contributed by atoms with van der Waals surface area (Å²) in [5, 5.41) is 14.3. The van der Waals surface area contributed by atoms with Crippen molar-refractivity contribution in [3.63, 3.8) is 0 Å². The highest BCUT2D eigenvalue weighted by atomic mass is 16.2. The summed E-state index contributed by atoms with van der Waals surface area (Å²) in [5.41, 5.74) is 0.867. The zero-order valence-corrected chi connectivity index (χ0v) is 12.4. The molecule has 1 aromatic heterocycles. The first-order valence-corrected chi connectivity index (χ1v) is 7.56. The predicted molar refractivity (Wildman–Crippen MR) is 77.0 cm³/mol. The van der Waals surface area contributed by atoms with E-state index in [2.05, 4.69) is 27.9 Å². The molecule has 6 nitrogen and oxygen atoms in total. The van der Waals surface area contributed by atoms with Crippen molar-refractivity contribution in [3.8, 4) is 0 Å². The molecule has 0 aromatic carbocycles. The van der Waals surface area contributed by atoms with Crippen LogP contribution in [0.15, 0.2) is 6.20 Å². The van der Waals surface area contributed by atoms with E-state index in [1.165, 1.54) is 12.8 Å². The molecule has 0 radical (unpaired) electrons. The zero-order chi connectivity index (χ0) is 14.4. The van der Waals surface area contributed by atoms with Gasteiger partial charge in [-0.3, -0.25) is 4.79 Å². The van der Waals surface area contributed by atoms with Crippen LogP contribution < -0.4 is 10.6 Å². The van der Waals surface area contributed by atoms with E-state index in [1.807, 2.05) is 13.1 Å². The maximum atomic E-state index is 12.0. The Balaban J connectivity index is 1.75. The fourth-order valence-corrected chi connectivity index (χ4v) is 2.57. The van der Waals surface area contributed by atoms with E-state index >= 15 is 0 Å². The summed E-state index contributed by atoms with van der Waals surface area (Å²) >= 11 is 0. The second-order valence-corrected chi connectivity index (χ2v) is 5.71. The van der Waals surface area contributed by atoms with E-state index in [0.717, 1.165) is 31.0 Å². The SMILES string of the molecule is CCNCc1cn(CC(=O)NC2CCC(C)CC2)nn1. The van der Waals surface area contributed by atoms with Gasteiger partial charge in [-0.15, -0.1) is 5.10 Å². The van der Waals surface area contributed by atoms with Gasteiger partial charge in [0, 0.05) is 12.6 Å². The molecule has 1 heterocycles. The Kier molecular flexibility index (Phi) is 5.52. The van der Waals surface area contributed by atoms with Crippen LogP contribution in [0.25, 0.3) is 0 Å². The Morgan fingerprint density at radius 2 is 2.15 bits per heavy atom. The standard InChI is InChI=1S/C14H25N5O/c1-3-15-8-13-9-19(18-17-13)10-14(20)16-12-6-4-11(2)5-7-12/h9,11-12,15H,3-8,10H2,1-2H3,(H,16,20). The van der Waals surface area contributed by atoms with E-state index < -0.39 is 0 Å². The number of carbonyl (C=O) groups is 1. The highest BCUT2D eigenvalue weighted by Crippen LogP contribution is 2.23. The molecule has 2 N–H and O–H groups in total. The molecule has 0 bridgehead atoms. The first-order chi connectivity index (χ1) is 9.67. The van der Waals surface area contributed by atoms with E-state index in [1.54, 1.807) is 4.68 Å². The van der Waals surface area contributed by atoms with E-state index in [-0.39, 0.29) is 12.5 Å². The van der Waals surface area contributed by atoms with Crippen LogP contribution in [0.3, 0.4) is 0 Å². The van der Waals surface area contributed by atoms with Crippen molar-refractivity contribution in [3.05, 3.63) is 11.9 Å². The number of nitrogens with zero attached hydrogens (tertiary/aromatic N) is 3. The third-order valence-corrected chi connectivity index (χ3v) is 3.83. The molecule has 112 valence electrons. The van der Waals surface area contributed by atoms with Gasteiger partial charge in [0.05, 0.1) is 11.9 Å². The normalized spacial score (nSPS) is 22.7. The summed E-state index contributed by atoms with van der Waals surface area (Å²) < 4.78 is 1.60. The molecule has 1 aliphatic carbocycles. The van der Waals surface area contributed by atoms with Gasteiger partial charge in [-0.1, -0.05) is 19.1 Å². The molecule has 0 spiro atoms. The molecule has 6 heteroatoms. The molecule has 2 rings (SSSR count). The quantitative estimate of drug-likeness (QED) is 0.817. The fourth-order valence-electron chi connectivity index (χ4n) is 2.57. The second kappa shape index (κ2) is 7.38. The number of aromatic nitrogens is 3. The highest BCUT2D eigenvalue weighted by molar-refractivity contribution is 5.75. The predicted octanol–water partition coefficient (Wildman–Crippen LogP) is 1.08. The Bertz CT molecular complexity index is 423. The molecule has 1 aromatic rings. The molecular formula is C14H25N5O.